The molecule has 0 fully saturated rings. The minimum atomic E-state index is -0.884. The number of anilines is 1. The smallest absolute Gasteiger partial charge is 0.296 e. The Labute approximate surface area is 213 Å². The molecule has 0 radical (unpaired) electrons. The Morgan fingerprint density at radius 2 is 1.81 bits per heavy atom. The largest absolute Gasteiger partial charge is 0.492 e. The van der Waals surface area contributed by atoms with Crippen molar-refractivity contribution in [1.29, 1.82) is 0 Å². The Hall–Kier alpha value is -3.13. The van der Waals surface area contributed by atoms with Gasteiger partial charge in [-0.2, -0.15) is 0 Å². The van der Waals surface area contributed by atoms with E-state index in [1.165, 1.54) is 5.56 Å². The van der Waals surface area contributed by atoms with Crippen LogP contribution >= 0.6 is 0 Å². The highest BCUT2D eigenvalue weighted by molar-refractivity contribution is 5.94. The molecule has 0 aliphatic carbocycles. The molecule has 8 heteroatoms. The van der Waals surface area contributed by atoms with Crippen LogP contribution in [0.25, 0.3) is 0 Å². The molecule has 1 aliphatic heterocycles. The van der Waals surface area contributed by atoms with E-state index in [0.717, 1.165) is 33.5 Å². The van der Waals surface area contributed by atoms with Crippen molar-refractivity contribution in [2.75, 3.05) is 18.7 Å². The summed E-state index contributed by atoms with van der Waals surface area (Å²) in [5.74, 6) is 1.07. The van der Waals surface area contributed by atoms with Crippen LogP contribution in [0.3, 0.4) is 0 Å². The molecule has 0 saturated carbocycles. The average Bonchev–Trinajstić information content (AvgIpc) is 3.20. The number of carbonyl (C=O) groups is 1. The van der Waals surface area contributed by atoms with E-state index in [0.29, 0.717) is 24.7 Å². The molecular weight excluding hydrogens is 460 g/mol. The summed E-state index contributed by atoms with van der Waals surface area (Å²) in [6.45, 7) is 16.1. The first-order valence-corrected chi connectivity index (χ1v) is 12.4. The molecule has 36 heavy (non-hydrogen) atoms. The van der Waals surface area contributed by atoms with Crippen LogP contribution in [0.5, 0.6) is 5.75 Å². The van der Waals surface area contributed by atoms with Crippen molar-refractivity contribution in [2.24, 2.45) is 5.41 Å². The lowest BCUT2D eigenvalue weighted by Crippen LogP contribution is -2.21. The highest BCUT2D eigenvalue weighted by Gasteiger charge is 2.35. The van der Waals surface area contributed by atoms with Gasteiger partial charge in [-0.05, 0) is 54.4 Å². The van der Waals surface area contributed by atoms with Crippen LogP contribution in [0.4, 0.5) is 5.69 Å². The van der Waals surface area contributed by atoms with Gasteiger partial charge in [0.25, 0.3) is 5.09 Å². The molecule has 3 rings (SSSR count). The first-order chi connectivity index (χ1) is 16.8. The summed E-state index contributed by atoms with van der Waals surface area (Å²) in [4.78, 5) is 27.9. The van der Waals surface area contributed by atoms with Gasteiger partial charge in [0.15, 0.2) is 6.79 Å². The van der Waals surface area contributed by atoms with Gasteiger partial charge in [0.05, 0.1) is 12.7 Å². The van der Waals surface area contributed by atoms with Gasteiger partial charge < -0.3 is 14.8 Å². The molecule has 196 valence electrons. The van der Waals surface area contributed by atoms with Gasteiger partial charge in [-0.1, -0.05) is 58.9 Å². The van der Waals surface area contributed by atoms with Crippen LogP contribution in [-0.4, -0.2) is 24.4 Å². The number of carbonyl (C=O) groups excluding carboxylic acids is 1. The topological polar surface area (TPSA) is 99.9 Å². The summed E-state index contributed by atoms with van der Waals surface area (Å²) < 4.78 is 11.9. The predicted molar refractivity (Wildman–Crippen MR) is 139 cm³/mol. The van der Waals surface area contributed by atoms with Crippen molar-refractivity contribution in [3.63, 3.8) is 0 Å². The van der Waals surface area contributed by atoms with E-state index in [9.17, 15) is 14.9 Å². The quantitative estimate of drug-likeness (QED) is 0.238. The second kappa shape index (κ2) is 10.9. The first kappa shape index (κ1) is 27.5. The Kier molecular flexibility index (Phi) is 8.29. The van der Waals surface area contributed by atoms with E-state index in [1.54, 1.807) is 6.92 Å². The number of hydrogen-bond acceptors (Lipinski definition) is 6. The molecule has 0 bridgehead atoms. The van der Waals surface area contributed by atoms with E-state index in [-0.39, 0.29) is 17.2 Å². The molecule has 1 N–H and O–H groups in total. The van der Waals surface area contributed by atoms with Crippen molar-refractivity contribution in [2.45, 2.75) is 79.8 Å². The molecule has 2 atom stereocenters. The second-order valence-electron chi connectivity index (χ2n) is 11.0. The van der Waals surface area contributed by atoms with Gasteiger partial charge >= 0.3 is 0 Å². The minimum absolute atomic E-state index is 0.0129. The zero-order valence-corrected chi connectivity index (χ0v) is 22.6. The Bertz CT molecular complexity index is 1120. The summed E-state index contributed by atoms with van der Waals surface area (Å²) in [5, 5.41) is 12.9. The second-order valence-corrected chi connectivity index (χ2v) is 11.0. The van der Waals surface area contributed by atoms with Crippen molar-refractivity contribution < 1.29 is 24.2 Å². The molecule has 1 heterocycles. The van der Waals surface area contributed by atoms with E-state index >= 15 is 0 Å². The lowest BCUT2D eigenvalue weighted by atomic mass is 9.84. The summed E-state index contributed by atoms with van der Waals surface area (Å²) in [6.07, 6.45) is -0.183. The molecule has 0 aromatic heterocycles. The van der Waals surface area contributed by atoms with Crippen LogP contribution in [0.15, 0.2) is 24.3 Å². The van der Waals surface area contributed by atoms with Crippen LogP contribution in [0, 0.1) is 29.4 Å². The Balaban J connectivity index is 2.08. The Morgan fingerprint density at radius 3 is 2.36 bits per heavy atom. The molecule has 2 aromatic carbocycles. The molecule has 1 unspecified atom stereocenters. The van der Waals surface area contributed by atoms with Gasteiger partial charge in [0.2, 0.25) is 5.91 Å². The zero-order chi connectivity index (χ0) is 26.8. The van der Waals surface area contributed by atoms with Crippen molar-refractivity contribution in [1.82, 2.24) is 0 Å². The standard InChI is InChI=1S/C28H38N2O6/c1-16(2)20-9-11-21(12-10-20)22-14-34-27-24(19(5)35-15-36-30(32)33)17(3)26(18(4)25(22)27)29-23(31)13-28(6,7)8/h9-12,16,19,22H,13-15H2,1-8H3,(H,29,31)/t19-,22?/m1/s1. The number of amides is 1. The van der Waals surface area contributed by atoms with Gasteiger partial charge in [0.1, 0.15) is 5.75 Å². The highest BCUT2D eigenvalue weighted by atomic mass is 17.0. The fourth-order valence-corrected chi connectivity index (χ4v) is 4.84. The maximum Gasteiger partial charge on any atom is 0.296 e. The third-order valence-corrected chi connectivity index (χ3v) is 6.63. The summed E-state index contributed by atoms with van der Waals surface area (Å²) >= 11 is 0. The number of rotatable bonds is 9. The van der Waals surface area contributed by atoms with E-state index in [4.69, 9.17) is 9.47 Å². The molecule has 2 aromatic rings. The van der Waals surface area contributed by atoms with Crippen molar-refractivity contribution >= 4 is 11.6 Å². The number of nitrogens with one attached hydrogen (secondary N) is 1. The van der Waals surface area contributed by atoms with Gasteiger partial charge in [-0.3, -0.25) is 9.63 Å². The van der Waals surface area contributed by atoms with E-state index in [2.05, 4.69) is 48.3 Å². The number of benzene rings is 2. The number of hydrogen-bond donors (Lipinski definition) is 1. The fourth-order valence-electron chi connectivity index (χ4n) is 4.84. The van der Waals surface area contributed by atoms with Crippen molar-refractivity contribution in [3.8, 4) is 5.75 Å². The van der Waals surface area contributed by atoms with Crippen LogP contribution in [-0.2, 0) is 14.4 Å². The molecule has 0 spiro atoms. The highest BCUT2D eigenvalue weighted by Crippen LogP contribution is 2.49. The van der Waals surface area contributed by atoms with E-state index < -0.39 is 18.0 Å². The van der Waals surface area contributed by atoms with Crippen LogP contribution < -0.4 is 10.1 Å². The van der Waals surface area contributed by atoms with E-state index in [1.807, 2.05) is 34.6 Å². The third kappa shape index (κ3) is 6.16. The zero-order valence-electron chi connectivity index (χ0n) is 22.6. The fraction of sp³-hybridized carbons (Fsp3) is 0.536. The van der Waals surface area contributed by atoms with Gasteiger partial charge in [0, 0.05) is 29.2 Å². The summed E-state index contributed by atoms with van der Waals surface area (Å²) in [5.41, 5.74) is 6.51. The number of fused-ring (bicyclic) bond motifs is 1. The van der Waals surface area contributed by atoms with Crippen molar-refractivity contribution in [3.05, 3.63) is 67.8 Å². The molecule has 1 amide bonds. The van der Waals surface area contributed by atoms with Crippen LogP contribution in [0.1, 0.15) is 99.3 Å². The predicted octanol–water partition coefficient (Wildman–Crippen LogP) is 6.57. The lowest BCUT2D eigenvalue weighted by molar-refractivity contribution is -0.767. The average molecular weight is 499 g/mol. The molecular formula is C28H38N2O6. The first-order valence-electron chi connectivity index (χ1n) is 12.4. The number of nitrogens with zero attached hydrogens (tertiary/aromatic N) is 1. The maximum atomic E-state index is 12.9. The number of ether oxygens (including phenoxy) is 2. The molecule has 1 aliphatic rings. The van der Waals surface area contributed by atoms with Crippen LogP contribution in [0.2, 0.25) is 0 Å². The summed E-state index contributed by atoms with van der Waals surface area (Å²) in [6, 6.07) is 8.57. The Morgan fingerprint density at radius 1 is 1.17 bits per heavy atom. The molecule has 0 saturated heterocycles. The monoisotopic (exact) mass is 498 g/mol. The summed E-state index contributed by atoms with van der Waals surface area (Å²) in [7, 11) is 0. The molecule has 8 nitrogen and oxygen atoms in total. The third-order valence-electron chi connectivity index (χ3n) is 6.63. The SMILES string of the molecule is Cc1c(NC(=O)CC(C)(C)C)c(C)c([C@@H](C)OCO[N+](=O)[O-])c2c1C(c1ccc(C(C)C)cc1)CO2. The normalized spacial score (nSPS) is 15.9. The minimum Gasteiger partial charge on any atom is -0.492 e. The van der Waals surface area contributed by atoms with Gasteiger partial charge in [-0.25, -0.2) is 0 Å². The lowest BCUT2D eigenvalue weighted by Gasteiger charge is -2.25. The maximum absolute atomic E-state index is 12.9. The van der Waals surface area contributed by atoms with Gasteiger partial charge in [-0.15, -0.1) is 10.1 Å².